The summed E-state index contributed by atoms with van der Waals surface area (Å²) in [5.41, 5.74) is 8.30. The highest BCUT2D eigenvalue weighted by Gasteiger charge is 2.33. The van der Waals surface area contributed by atoms with Gasteiger partial charge in [-0.25, -0.2) is 0 Å². The fraction of sp³-hybridized carbons (Fsp3) is 0.300. The van der Waals surface area contributed by atoms with Crippen molar-refractivity contribution in [1.29, 1.82) is 5.41 Å². The number of carboxylic acids is 1. The van der Waals surface area contributed by atoms with Crippen LogP contribution in [0.3, 0.4) is 0 Å². The van der Waals surface area contributed by atoms with Crippen LogP contribution in [0.2, 0.25) is 0 Å². The molecule has 2 aromatic carbocycles. The third-order valence-corrected chi connectivity index (χ3v) is 6.54. The van der Waals surface area contributed by atoms with Crippen LogP contribution in [-0.4, -0.2) is 31.5 Å². The van der Waals surface area contributed by atoms with Crippen molar-refractivity contribution in [2.45, 2.75) is 42.2 Å². The van der Waals surface area contributed by atoms with Crippen LogP contribution in [-0.2, 0) is 15.6 Å². The highest BCUT2D eigenvalue weighted by molar-refractivity contribution is 7.86. The summed E-state index contributed by atoms with van der Waals surface area (Å²) < 4.78 is 12.9. The molecule has 1 aliphatic rings. The molecule has 0 saturated heterocycles. The van der Waals surface area contributed by atoms with Crippen LogP contribution in [0.5, 0.6) is 0 Å². The Labute approximate surface area is 165 Å². The van der Waals surface area contributed by atoms with Crippen molar-refractivity contribution in [2.75, 3.05) is 0 Å². The number of amidine groups is 1. The maximum Gasteiger partial charge on any atom is 0.319 e. The van der Waals surface area contributed by atoms with Crippen molar-refractivity contribution in [3.63, 3.8) is 0 Å². The average molecular weight is 401 g/mol. The maximum atomic E-state index is 12.9. The predicted octanol–water partition coefficient (Wildman–Crippen LogP) is 2.02. The van der Waals surface area contributed by atoms with E-state index in [1.54, 1.807) is 30.3 Å². The van der Waals surface area contributed by atoms with Crippen LogP contribution in [0.1, 0.15) is 54.3 Å². The zero-order valence-corrected chi connectivity index (χ0v) is 16.2. The van der Waals surface area contributed by atoms with Crippen LogP contribution < -0.4 is 11.1 Å². The van der Waals surface area contributed by atoms with E-state index >= 15 is 0 Å². The summed E-state index contributed by atoms with van der Waals surface area (Å²) >= 11 is 0. The normalized spacial score (nSPS) is 20.4. The first kappa shape index (κ1) is 20.2. The fourth-order valence-electron chi connectivity index (χ4n) is 3.51. The number of rotatable bonds is 7. The molecule has 0 amide bonds. The first-order chi connectivity index (χ1) is 13.3. The zero-order valence-electron chi connectivity index (χ0n) is 15.4. The van der Waals surface area contributed by atoms with Crippen LogP contribution in [0.25, 0.3) is 0 Å². The molecule has 0 saturated carbocycles. The van der Waals surface area contributed by atoms with Crippen molar-refractivity contribution in [1.82, 2.24) is 5.32 Å². The molecule has 0 aromatic heterocycles. The van der Waals surface area contributed by atoms with Gasteiger partial charge in [0, 0.05) is 16.0 Å². The molecule has 3 rings (SSSR count). The second kappa shape index (κ2) is 8.22. The third kappa shape index (κ3) is 3.71. The summed E-state index contributed by atoms with van der Waals surface area (Å²) in [6, 6.07) is 11.6. The predicted molar refractivity (Wildman–Crippen MR) is 107 cm³/mol. The summed E-state index contributed by atoms with van der Waals surface area (Å²) in [4.78, 5) is 11.9. The van der Waals surface area contributed by atoms with Crippen LogP contribution in [0.4, 0.5) is 0 Å². The SMILES string of the molecule is CCCC(C(=O)O)S(=O)c1ccc2c(c1)C(c1ccccc1C(=N)N)NC2O. The van der Waals surface area contributed by atoms with Gasteiger partial charge in [0.1, 0.15) is 17.3 Å². The summed E-state index contributed by atoms with van der Waals surface area (Å²) in [6.07, 6.45) is 0.00683. The highest BCUT2D eigenvalue weighted by atomic mass is 32.2. The quantitative estimate of drug-likeness (QED) is 0.356. The zero-order chi connectivity index (χ0) is 20.4. The molecule has 0 fully saturated rings. The molecule has 0 bridgehead atoms. The number of aliphatic carboxylic acids is 1. The van der Waals surface area contributed by atoms with Crippen LogP contribution >= 0.6 is 0 Å². The number of carboxylic acid groups (broad SMARTS) is 1. The van der Waals surface area contributed by atoms with Gasteiger partial charge in [-0.3, -0.25) is 19.7 Å². The summed E-state index contributed by atoms with van der Waals surface area (Å²) in [5, 5.41) is 29.7. The largest absolute Gasteiger partial charge is 0.480 e. The van der Waals surface area contributed by atoms with E-state index in [9.17, 15) is 19.2 Å². The Morgan fingerprint density at radius 1 is 1.25 bits per heavy atom. The average Bonchev–Trinajstić information content (AvgIpc) is 3.01. The second-order valence-electron chi connectivity index (χ2n) is 6.71. The third-order valence-electron chi connectivity index (χ3n) is 4.87. The molecular formula is C20H23N3O4S. The minimum absolute atomic E-state index is 0.0889. The van der Waals surface area contributed by atoms with Gasteiger partial charge in [-0.05, 0) is 29.7 Å². The highest BCUT2D eigenvalue weighted by Crippen LogP contribution is 2.38. The molecule has 2 aromatic rings. The topological polar surface area (TPSA) is 136 Å². The minimum atomic E-state index is -1.72. The number of nitrogen functional groups attached to an aromatic ring is 1. The van der Waals surface area contributed by atoms with Crippen LogP contribution in [0.15, 0.2) is 47.4 Å². The molecule has 28 heavy (non-hydrogen) atoms. The van der Waals surface area contributed by atoms with Gasteiger partial charge in [-0.1, -0.05) is 43.7 Å². The molecule has 1 aliphatic heterocycles. The Morgan fingerprint density at radius 2 is 1.96 bits per heavy atom. The van der Waals surface area contributed by atoms with E-state index in [0.717, 1.165) is 5.56 Å². The molecule has 0 radical (unpaired) electrons. The lowest BCUT2D eigenvalue weighted by molar-refractivity contribution is -0.136. The standard InChI is InChI=1S/C20H23N3O4S/c1-2-5-16(20(25)26)28(27)11-8-9-14-15(10-11)17(23-19(14)24)12-6-3-4-7-13(12)18(21)22/h3-4,6-10,16-17,19,23-24H,2,5H2,1H3,(H3,21,22)(H,25,26). The van der Waals surface area contributed by atoms with Crippen LogP contribution in [0, 0.1) is 5.41 Å². The second-order valence-corrected chi connectivity index (χ2v) is 8.34. The molecule has 0 spiro atoms. The fourth-order valence-corrected chi connectivity index (χ4v) is 4.92. The van der Waals surface area contributed by atoms with Gasteiger partial charge < -0.3 is 15.9 Å². The van der Waals surface area contributed by atoms with Crippen molar-refractivity contribution >= 4 is 22.6 Å². The summed E-state index contributed by atoms with van der Waals surface area (Å²) in [6.45, 7) is 1.85. The number of benzene rings is 2. The number of aliphatic hydroxyl groups excluding tert-OH is 1. The molecule has 0 aliphatic carbocycles. The summed E-state index contributed by atoms with van der Waals surface area (Å²) in [7, 11) is -1.72. The lowest BCUT2D eigenvalue weighted by Crippen LogP contribution is -2.25. The lowest BCUT2D eigenvalue weighted by atomic mass is 9.94. The van der Waals surface area contributed by atoms with Gasteiger partial charge in [-0.15, -0.1) is 0 Å². The van der Waals surface area contributed by atoms with Crippen molar-refractivity contribution in [3.8, 4) is 0 Å². The first-order valence-electron chi connectivity index (χ1n) is 8.99. The summed E-state index contributed by atoms with van der Waals surface area (Å²) in [5.74, 6) is -1.17. The lowest BCUT2D eigenvalue weighted by Gasteiger charge is -2.18. The van der Waals surface area contributed by atoms with Gasteiger partial charge in [0.05, 0.1) is 16.8 Å². The van der Waals surface area contributed by atoms with E-state index in [2.05, 4.69) is 5.32 Å². The van der Waals surface area contributed by atoms with Gasteiger partial charge in [0.25, 0.3) is 0 Å². The van der Waals surface area contributed by atoms with E-state index in [1.165, 1.54) is 0 Å². The molecule has 148 valence electrons. The number of nitrogens with two attached hydrogens (primary N) is 1. The number of nitrogens with one attached hydrogen (secondary N) is 2. The monoisotopic (exact) mass is 401 g/mol. The molecular weight excluding hydrogens is 378 g/mol. The number of aliphatic hydroxyl groups is 1. The Balaban J connectivity index is 2.05. The van der Waals surface area contributed by atoms with Gasteiger partial charge in [-0.2, -0.15) is 0 Å². The molecule has 6 N–H and O–H groups in total. The molecule has 8 heteroatoms. The Kier molecular flexibility index (Phi) is 5.93. The van der Waals surface area contributed by atoms with Gasteiger partial charge in [0.15, 0.2) is 0 Å². The van der Waals surface area contributed by atoms with E-state index in [4.69, 9.17) is 11.1 Å². The number of carbonyl (C=O) groups is 1. The molecule has 7 nitrogen and oxygen atoms in total. The smallest absolute Gasteiger partial charge is 0.319 e. The van der Waals surface area contributed by atoms with Gasteiger partial charge in [0.2, 0.25) is 0 Å². The van der Waals surface area contributed by atoms with Gasteiger partial charge >= 0.3 is 5.97 Å². The van der Waals surface area contributed by atoms with Crippen molar-refractivity contribution in [2.24, 2.45) is 5.73 Å². The van der Waals surface area contributed by atoms with E-state index < -0.39 is 34.3 Å². The van der Waals surface area contributed by atoms with E-state index in [-0.39, 0.29) is 5.84 Å². The van der Waals surface area contributed by atoms with Crippen molar-refractivity contribution < 1.29 is 19.2 Å². The maximum absolute atomic E-state index is 12.9. The Hall–Kier alpha value is -2.55. The minimum Gasteiger partial charge on any atom is -0.480 e. The molecule has 1 heterocycles. The van der Waals surface area contributed by atoms with E-state index in [0.29, 0.717) is 34.4 Å². The van der Waals surface area contributed by atoms with Crippen molar-refractivity contribution in [3.05, 3.63) is 64.7 Å². The molecule has 4 unspecified atom stereocenters. The number of fused-ring (bicyclic) bond motifs is 1. The number of hydrogen-bond acceptors (Lipinski definition) is 5. The number of hydrogen-bond donors (Lipinski definition) is 5. The molecule has 4 atom stereocenters. The Morgan fingerprint density at radius 3 is 2.61 bits per heavy atom. The van der Waals surface area contributed by atoms with E-state index in [1.807, 2.05) is 19.1 Å². The first-order valence-corrected chi connectivity index (χ1v) is 10.2. The Bertz CT molecular complexity index is 947.